The number of rotatable bonds is 6. The van der Waals surface area contributed by atoms with Gasteiger partial charge in [-0.05, 0) is 24.3 Å². The molecule has 1 aromatic rings. The van der Waals surface area contributed by atoms with E-state index in [9.17, 15) is 9.59 Å². The average molecular weight is 284 g/mol. The second-order valence-corrected chi connectivity index (χ2v) is 5.51. The molecule has 0 aromatic carbocycles. The van der Waals surface area contributed by atoms with Crippen molar-refractivity contribution in [1.82, 2.24) is 10.2 Å². The summed E-state index contributed by atoms with van der Waals surface area (Å²) in [7, 11) is 0. The Balaban J connectivity index is 1.88. The molecule has 1 aromatic heterocycles. The van der Waals surface area contributed by atoms with Gasteiger partial charge in [-0.3, -0.25) is 0 Å². The molecular weight excluding hydrogens is 268 g/mol. The number of nitrogens with zero attached hydrogens (tertiary/aromatic N) is 1. The number of aliphatic hydroxyl groups is 1. The summed E-state index contributed by atoms with van der Waals surface area (Å²) in [6.45, 7) is 0.249. The molecule has 1 aliphatic carbocycles. The van der Waals surface area contributed by atoms with Crippen molar-refractivity contribution >= 4 is 23.3 Å². The van der Waals surface area contributed by atoms with Gasteiger partial charge in [-0.2, -0.15) is 0 Å². The number of hydrogen-bond donors (Lipinski definition) is 3. The van der Waals surface area contributed by atoms with Crippen LogP contribution in [0, 0.1) is 0 Å². The molecule has 0 unspecified atom stereocenters. The van der Waals surface area contributed by atoms with Crippen LogP contribution in [0.25, 0.3) is 0 Å². The van der Waals surface area contributed by atoms with E-state index in [2.05, 4.69) is 5.32 Å². The van der Waals surface area contributed by atoms with Crippen molar-refractivity contribution in [2.24, 2.45) is 0 Å². The molecule has 7 heteroatoms. The largest absolute Gasteiger partial charge is 0.479 e. The van der Waals surface area contributed by atoms with Crippen LogP contribution in [0.15, 0.2) is 17.5 Å². The first-order valence-corrected chi connectivity index (χ1v) is 6.93. The van der Waals surface area contributed by atoms with Gasteiger partial charge < -0.3 is 20.4 Å². The molecule has 3 N–H and O–H groups in total. The van der Waals surface area contributed by atoms with E-state index in [1.54, 1.807) is 16.2 Å². The monoisotopic (exact) mass is 284 g/mol. The average Bonchev–Trinajstić information content (AvgIpc) is 3.09. The van der Waals surface area contributed by atoms with Crippen molar-refractivity contribution < 1.29 is 19.8 Å². The highest BCUT2D eigenvalue weighted by atomic mass is 32.1. The molecule has 2 amide bonds. The minimum Gasteiger partial charge on any atom is -0.479 e. The first kappa shape index (κ1) is 13.8. The third kappa shape index (κ3) is 3.93. The normalized spacial score (nSPS) is 15.8. The predicted octanol–water partition coefficient (Wildman–Crippen LogP) is 0.868. The number of aliphatic carboxylic acids is 1. The zero-order chi connectivity index (χ0) is 13.8. The number of hydrogen-bond acceptors (Lipinski definition) is 4. The van der Waals surface area contributed by atoms with E-state index in [0.717, 1.165) is 17.7 Å². The third-order valence-electron chi connectivity index (χ3n) is 2.89. The smallest absolute Gasteiger partial charge is 0.334 e. The summed E-state index contributed by atoms with van der Waals surface area (Å²) in [6, 6.07) is 3.79. The first-order chi connectivity index (χ1) is 9.08. The van der Waals surface area contributed by atoms with E-state index < -0.39 is 12.1 Å². The first-order valence-electron chi connectivity index (χ1n) is 6.05. The number of nitrogens with one attached hydrogen (secondary N) is 1. The van der Waals surface area contributed by atoms with Gasteiger partial charge in [-0.25, -0.2) is 9.59 Å². The van der Waals surface area contributed by atoms with Gasteiger partial charge in [0.05, 0.1) is 13.1 Å². The van der Waals surface area contributed by atoms with Gasteiger partial charge in [0.1, 0.15) is 0 Å². The Hall–Kier alpha value is -1.60. The third-order valence-corrected chi connectivity index (χ3v) is 3.75. The standard InChI is InChI=1S/C12H16N2O4S/c15-10(11(16)17)6-13-12(18)14(8-3-4-8)7-9-2-1-5-19-9/h1-2,5,8,10,15H,3-4,6-7H2,(H,13,18)(H,16,17)/t10-/m0/s1. The van der Waals surface area contributed by atoms with E-state index in [0.29, 0.717) is 6.54 Å². The Morgan fingerprint density at radius 1 is 1.53 bits per heavy atom. The van der Waals surface area contributed by atoms with Gasteiger partial charge in [-0.15, -0.1) is 11.3 Å². The topological polar surface area (TPSA) is 89.9 Å². The lowest BCUT2D eigenvalue weighted by atomic mass is 10.3. The molecule has 1 atom stereocenters. The summed E-state index contributed by atoms with van der Waals surface area (Å²) < 4.78 is 0. The molecule has 0 spiro atoms. The van der Waals surface area contributed by atoms with E-state index in [4.69, 9.17) is 10.2 Å². The lowest BCUT2D eigenvalue weighted by Gasteiger charge is -2.22. The fraction of sp³-hybridized carbons (Fsp3) is 0.500. The molecule has 0 saturated heterocycles. The zero-order valence-corrected chi connectivity index (χ0v) is 11.1. The molecule has 2 rings (SSSR count). The highest BCUT2D eigenvalue weighted by Gasteiger charge is 2.33. The summed E-state index contributed by atoms with van der Waals surface area (Å²) in [5.74, 6) is -1.34. The van der Waals surface area contributed by atoms with Crippen LogP contribution >= 0.6 is 11.3 Å². The summed E-state index contributed by atoms with van der Waals surface area (Å²) in [5.41, 5.74) is 0. The summed E-state index contributed by atoms with van der Waals surface area (Å²) in [5, 5.41) is 22.1. The maximum absolute atomic E-state index is 12.0. The molecule has 0 radical (unpaired) electrons. The number of carboxylic acid groups (broad SMARTS) is 1. The van der Waals surface area contributed by atoms with Crippen molar-refractivity contribution in [1.29, 1.82) is 0 Å². The summed E-state index contributed by atoms with van der Waals surface area (Å²) in [6.07, 6.45) is 0.382. The number of aliphatic hydroxyl groups excluding tert-OH is 1. The van der Waals surface area contributed by atoms with E-state index >= 15 is 0 Å². The fourth-order valence-corrected chi connectivity index (χ4v) is 2.40. The number of carbonyl (C=O) groups is 2. The fourth-order valence-electron chi connectivity index (χ4n) is 1.70. The van der Waals surface area contributed by atoms with Crippen molar-refractivity contribution in [2.75, 3.05) is 6.54 Å². The van der Waals surface area contributed by atoms with Gasteiger partial charge in [0.2, 0.25) is 0 Å². The Labute approximate surface area is 114 Å². The van der Waals surface area contributed by atoms with Crippen LogP contribution in [0.2, 0.25) is 0 Å². The number of urea groups is 1. The maximum Gasteiger partial charge on any atom is 0.334 e. The molecule has 6 nitrogen and oxygen atoms in total. The van der Waals surface area contributed by atoms with E-state index in [1.165, 1.54) is 0 Å². The Bertz CT molecular complexity index is 445. The van der Waals surface area contributed by atoms with Crippen molar-refractivity contribution in [3.05, 3.63) is 22.4 Å². The van der Waals surface area contributed by atoms with Crippen LogP contribution in [0.1, 0.15) is 17.7 Å². The quantitative estimate of drug-likeness (QED) is 0.723. The second-order valence-electron chi connectivity index (χ2n) is 4.48. The van der Waals surface area contributed by atoms with Crippen molar-refractivity contribution in [3.8, 4) is 0 Å². The molecule has 1 saturated carbocycles. The predicted molar refractivity (Wildman–Crippen MR) is 69.9 cm³/mol. The number of carbonyl (C=O) groups excluding carboxylic acids is 1. The Morgan fingerprint density at radius 3 is 2.79 bits per heavy atom. The molecule has 0 bridgehead atoms. The van der Waals surface area contributed by atoms with Crippen LogP contribution in [0.5, 0.6) is 0 Å². The highest BCUT2D eigenvalue weighted by molar-refractivity contribution is 7.09. The minimum atomic E-state index is -1.56. The second kappa shape index (κ2) is 6.03. The number of carboxylic acids is 1. The lowest BCUT2D eigenvalue weighted by molar-refractivity contribution is -0.146. The summed E-state index contributed by atoms with van der Waals surface area (Å²) >= 11 is 1.58. The molecule has 0 aliphatic heterocycles. The van der Waals surface area contributed by atoms with Gasteiger partial charge in [0.25, 0.3) is 0 Å². The highest BCUT2D eigenvalue weighted by Crippen LogP contribution is 2.29. The Morgan fingerprint density at radius 2 is 2.26 bits per heavy atom. The van der Waals surface area contributed by atoms with Crippen LogP contribution < -0.4 is 5.32 Å². The Kier molecular flexibility index (Phi) is 4.39. The minimum absolute atomic E-state index is 0.226. The van der Waals surface area contributed by atoms with Crippen LogP contribution in [0.3, 0.4) is 0 Å². The lowest BCUT2D eigenvalue weighted by Crippen LogP contribution is -2.45. The van der Waals surface area contributed by atoms with Gasteiger partial charge in [-0.1, -0.05) is 6.07 Å². The van der Waals surface area contributed by atoms with Crippen molar-refractivity contribution in [2.45, 2.75) is 31.5 Å². The van der Waals surface area contributed by atoms with Crippen LogP contribution in [0.4, 0.5) is 4.79 Å². The molecule has 104 valence electrons. The molecule has 19 heavy (non-hydrogen) atoms. The van der Waals surface area contributed by atoms with E-state index in [1.807, 2.05) is 17.5 Å². The SMILES string of the molecule is O=C(O)[C@@H](O)CNC(=O)N(Cc1cccs1)C1CC1. The summed E-state index contributed by atoms with van der Waals surface area (Å²) in [4.78, 5) is 25.2. The van der Waals surface area contributed by atoms with Gasteiger partial charge >= 0.3 is 12.0 Å². The zero-order valence-electron chi connectivity index (χ0n) is 10.3. The van der Waals surface area contributed by atoms with E-state index in [-0.39, 0.29) is 18.6 Å². The van der Waals surface area contributed by atoms with Crippen molar-refractivity contribution in [3.63, 3.8) is 0 Å². The molecule has 1 heterocycles. The number of amides is 2. The van der Waals surface area contributed by atoms with Crippen LogP contribution in [-0.2, 0) is 11.3 Å². The van der Waals surface area contributed by atoms with Gasteiger partial charge in [0, 0.05) is 10.9 Å². The molecule has 1 fully saturated rings. The van der Waals surface area contributed by atoms with Crippen LogP contribution in [-0.4, -0.2) is 45.8 Å². The molecular formula is C12H16N2O4S. The molecule has 1 aliphatic rings. The maximum atomic E-state index is 12.0. The number of thiophene rings is 1. The van der Waals surface area contributed by atoms with Gasteiger partial charge in [0.15, 0.2) is 6.10 Å².